The van der Waals surface area contributed by atoms with Gasteiger partial charge < -0.3 is 19.5 Å². The Hall–Kier alpha value is -3.05. The van der Waals surface area contributed by atoms with Crippen LogP contribution < -0.4 is 14.4 Å². The van der Waals surface area contributed by atoms with Gasteiger partial charge in [-0.1, -0.05) is 43.7 Å². The molecule has 0 bridgehead atoms. The molecule has 37 heavy (non-hydrogen) atoms. The van der Waals surface area contributed by atoms with E-state index in [9.17, 15) is 31.4 Å². The number of anilines is 1. The minimum atomic E-state index is -4.85. The molecular formula is C26H25F6NO3S. The molecular weight excluding hydrogens is 520 g/mol. The molecule has 0 heterocycles. The smallest absolute Gasteiger partial charge is 0.457 e. The molecule has 4 nitrogen and oxygen atoms in total. The first-order valence-electron chi connectivity index (χ1n) is 11.3. The van der Waals surface area contributed by atoms with Gasteiger partial charge in [-0.3, -0.25) is 0 Å². The number of halogens is 6. The number of hydrogen-bond acceptors (Lipinski definition) is 5. The highest BCUT2D eigenvalue weighted by molar-refractivity contribution is 8.00. The summed E-state index contributed by atoms with van der Waals surface area (Å²) in [6.07, 6.45) is -4.36. The van der Waals surface area contributed by atoms with Crippen LogP contribution in [0.1, 0.15) is 25.3 Å². The van der Waals surface area contributed by atoms with Gasteiger partial charge in [-0.05, 0) is 54.1 Å². The molecule has 0 aliphatic carbocycles. The van der Waals surface area contributed by atoms with E-state index in [1.54, 1.807) is 41.3 Å². The SMILES string of the molecule is CCCC(O)CN(Cc1ccccc1SC(F)(F)F)c1cccc(Oc2cccc(OC(F)(F)F)c2)c1. The Bertz CT molecular complexity index is 1160. The molecule has 11 heteroatoms. The third-order valence-electron chi connectivity index (χ3n) is 5.07. The van der Waals surface area contributed by atoms with Crippen molar-refractivity contribution < 1.29 is 40.9 Å². The average Bonchev–Trinajstić information content (AvgIpc) is 2.78. The average molecular weight is 546 g/mol. The molecule has 0 saturated heterocycles. The molecule has 3 aromatic rings. The Balaban J connectivity index is 1.87. The second-order valence-electron chi connectivity index (χ2n) is 8.10. The van der Waals surface area contributed by atoms with E-state index in [0.29, 0.717) is 17.7 Å². The summed E-state index contributed by atoms with van der Waals surface area (Å²) >= 11 is -0.202. The topological polar surface area (TPSA) is 41.9 Å². The number of nitrogens with zero attached hydrogens (tertiary/aromatic N) is 1. The Kier molecular flexibility index (Phi) is 9.61. The van der Waals surface area contributed by atoms with Crippen LogP contribution in [-0.4, -0.2) is 29.6 Å². The number of rotatable bonds is 11. The summed E-state index contributed by atoms with van der Waals surface area (Å²) in [6, 6.07) is 17.8. The molecule has 1 atom stereocenters. The summed E-state index contributed by atoms with van der Waals surface area (Å²) in [7, 11) is 0. The Morgan fingerprint density at radius 2 is 1.51 bits per heavy atom. The van der Waals surface area contributed by atoms with Crippen molar-refractivity contribution in [3.8, 4) is 17.2 Å². The number of hydrogen-bond donors (Lipinski definition) is 1. The van der Waals surface area contributed by atoms with Crippen molar-refractivity contribution in [3.05, 3.63) is 78.4 Å². The largest absolute Gasteiger partial charge is 0.573 e. The molecule has 0 fully saturated rings. The fourth-order valence-electron chi connectivity index (χ4n) is 3.62. The summed E-state index contributed by atoms with van der Waals surface area (Å²) in [5.74, 6) is -0.0535. The predicted molar refractivity (Wildman–Crippen MR) is 130 cm³/mol. The van der Waals surface area contributed by atoms with E-state index in [0.717, 1.165) is 18.6 Å². The molecule has 1 unspecified atom stereocenters. The van der Waals surface area contributed by atoms with Crippen molar-refractivity contribution in [2.75, 3.05) is 11.4 Å². The van der Waals surface area contributed by atoms with Crippen molar-refractivity contribution in [1.29, 1.82) is 0 Å². The predicted octanol–water partition coefficient (Wildman–Crippen LogP) is 8.16. The first kappa shape index (κ1) is 28.5. The van der Waals surface area contributed by atoms with Gasteiger partial charge in [0.2, 0.25) is 0 Å². The van der Waals surface area contributed by atoms with E-state index < -0.39 is 23.7 Å². The molecule has 0 saturated carbocycles. The van der Waals surface area contributed by atoms with E-state index in [1.807, 2.05) is 6.92 Å². The lowest BCUT2D eigenvalue weighted by atomic mass is 10.1. The molecule has 3 aromatic carbocycles. The maximum Gasteiger partial charge on any atom is 0.573 e. The molecule has 0 aliphatic heterocycles. The van der Waals surface area contributed by atoms with Crippen molar-refractivity contribution in [2.45, 2.75) is 49.2 Å². The summed E-state index contributed by atoms with van der Waals surface area (Å²) in [6.45, 7) is 2.14. The minimum absolute atomic E-state index is 0.0545. The van der Waals surface area contributed by atoms with E-state index in [4.69, 9.17) is 4.74 Å². The van der Waals surface area contributed by atoms with Crippen molar-refractivity contribution in [1.82, 2.24) is 0 Å². The van der Waals surface area contributed by atoms with Gasteiger partial charge in [0.15, 0.2) is 0 Å². The zero-order valence-corrected chi connectivity index (χ0v) is 20.5. The van der Waals surface area contributed by atoms with E-state index >= 15 is 0 Å². The van der Waals surface area contributed by atoms with Crippen LogP contribution >= 0.6 is 11.8 Å². The van der Waals surface area contributed by atoms with E-state index in [1.165, 1.54) is 24.3 Å². The summed E-state index contributed by atoms with van der Waals surface area (Å²) in [5, 5.41) is 10.5. The lowest BCUT2D eigenvalue weighted by Gasteiger charge is -2.28. The zero-order valence-electron chi connectivity index (χ0n) is 19.7. The van der Waals surface area contributed by atoms with Crippen LogP contribution in [0.3, 0.4) is 0 Å². The maximum atomic E-state index is 13.1. The van der Waals surface area contributed by atoms with Gasteiger partial charge in [-0.2, -0.15) is 13.2 Å². The number of benzene rings is 3. The Morgan fingerprint density at radius 1 is 0.865 bits per heavy atom. The van der Waals surface area contributed by atoms with Crippen LogP contribution in [0.4, 0.5) is 32.0 Å². The maximum absolute atomic E-state index is 13.1. The van der Waals surface area contributed by atoms with Crippen LogP contribution in [0.25, 0.3) is 0 Å². The highest BCUT2D eigenvalue weighted by Crippen LogP contribution is 2.39. The van der Waals surface area contributed by atoms with Crippen LogP contribution in [0, 0.1) is 0 Å². The number of aliphatic hydroxyl groups is 1. The van der Waals surface area contributed by atoms with Gasteiger partial charge in [0.1, 0.15) is 17.2 Å². The van der Waals surface area contributed by atoms with Crippen molar-refractivity contribution >= 4 is 17.4 Å². The van der Waals surface area contributed by atoms with Gasteiger partial charge in [0.05, 0.1) is 6.10 Å². The second kappa shape index (κ2) is 12.5. The molecule has 0 radical (unpaired) electrons. The van der Waals surface area contributed by atoms with Gasteiger partial charge >= 0.3 is 11.9 Å². The second-order valence-corrected chi connectivity index (χ2v) is 9.21. The molecule has 0 spiro atoms. The monoisotopic (exact) mass is 545 g/mol. The van der Waals surface area contributed by atoms with Crippen molar-refractivity contribution in [2.24, 2.45) is 0 Å². The first-order chi connectivity index (χ1) is 17.4. The standard InChI is InChI=1S/C26H25F6NO3S/c1-2-7-20(34)17-33(16-18-8-3-4-13-24(18)37-26(30,31)32)19-9-5-10-21(14-19)35-22-11-6-12-23(15-22)36-25(27,28)29/h3-6,8-15,20,34H,2,7,16-17H2,1H3. The molecule has 1 N–H and O–H groups in total. The van der Waals surface area contributed by atoms with Gasteiger partial charge in [0.25, 0.3) is 0 Å². The fraction of sp³-hybridized carbons (Fsp3) is 0.308. The highest BCUT2D eigenvalue weighted by Gasteiger charge is 2.31. The number of aliphatic hydroxyl groups excluding tert-OH is 1. The normalized spacial score (nSPS) is 12.8. The number of alkyl halides is 6. The summed E-state index contributed by atoms with van der Waals surface area (Å²) < 4.78 is 86.6. The van der Waals surface area contributed by atoms with E-state index in [-0.39, 0.29) is 41.2 Å². The van der Waals surface area contributed by atoms with Crippen LogP contribution in [0.2, 0.25) is 0 Å². The third-order valence-corrected chi connectivity index (χ3v) is 5.92. The lowest BCUT2D eigenvalue weighted by molar-refractivity contribution is -0.274. The van der Waals surface area contributed by atoms with Gasteiger partial charge in [-0.15, -0.1) is 13.2 Å². The van der Waals surface area contributed by atoms with Gasteiger partial charge in [-0.25, -0.2) is 0 Å². The van der Waals surface area contributed by atoms with Crippen LogP contribution in [0.15, 0.2) is 77.7 Å². The van der Waals surface area contributed by atoms with Gasteiger partial charge in [0, 0.05) is 35.8 Å². The van der Waals surface area contributed by atoms with E-state index in [2.05, 4.69) is 4.74 Å². The first-order valence-corrected chi connectivity index (χ1v) is 12.1. The highest BCUT2D eigenvalue weighted by atomic mass is 32.2. The molecule has 200 valence electrons. The van der Waals surface area contributed by atoms with Crippen LogP contribution in [-0.2, 0) is 6.54 Å². The molecule has 0 amide bonds. The fourth-order valence-corrected chi connectivity index (χ4v) is 4.28. The third kappa shape index (κ3) is 9.73. The molecule has 0 aromatic heterocycles. The van der Waals surface area contributed by atoms with Crippen molar-refractivity contribution in [3.63, 3.8) is 0 Å². The zero-order chi connectivity index (χ0) is 27.1. The molecule has 3 rings (SSSR count). The number of thioether (sulfide) groups is 1. The summed E-state index contributed by atoms with van der Waals surface area (Å²) in [5.41, 5.74) is -3.47. The Morgan fingerprint density at radius 3 is 2.19 bits per heavy atom. The summed E-state index contributed by atoms with van der Waals surface area (Å²) in [4.78, 5) is 1.80. The molecule has 0 aliphatic rings. The Labute approximate surface area is 214 Å². The quantitative estimate of drug-likeness (QED) is 0.195. The lowest BCUT2D eigenvalue weighted by Crippen LogP contribution is -2.32. The minimum Gasteiger partial charge on any atom is -0.457 e. The van der Waals surface area contributed by atoms with Crippen LogP contribution in [0.5, 0.6) is 17.2 Å². The number of ether oxygens (including phenoxy) is 2.